The van der Waals surface area contributed by atoms with E-state index in [0.29, 0.717) is 30.0 Å². The number of halogens is 3. The zero-order valence-electron chi connectivity index (χ0n) is 22.6. The lowest BCUT2D eigenvalue weighted by Gasteiger charge is -2.32. The monoisotopic (exact) mass is 561 g/mol. The first-order chi connectivity index (χ1) is 19.7. The highest BCUT2D eigenvalue weighted by atomic mass is 19.4. The van der Waals surface area contributed by atoms with Gasteiger partial charge in [0.1, 0.15) is 0 Å². The van der Waals surface area contributed by atoms with Crippen LogP contribution in [0.4, 0.5) is 18.9 Å². The van der Waals surface area contributed by atoms with Crippen molar-refractivity contribution in [1.29, 1.82) is 0 Å². The summed E-state index contributed by atoms with van der Waals surface area (Å²) in [7, 11) is 0. The molecule has 0 saturated carbocycles. The fourth-order valence-electron chi connectivity index (χ4n) is 4.97. The summed E-state index contributed by atoms with van der Waals surface area (Å²) in [4.78, 5) is 31.5. The largest absolute Gasteiger partial charge is 0.417 e. The molecule has 1 saturated heterocycles. The number of amides is 2. The Morgan fingerprint density at radius 2 is 1.71 bits per heavy atom. The normalized spacial score (nSPS) is 14.2. The number of likely N-dealkylation sites (tertiary alicyclic amines) is 1. The summed E-state index contributed by atoms with van der Waals surface area (Å²) in [6, 6.07) is 18.2. The van der Waals surface area contributed by atoms with Gasteiger partial charge in [0.25, 0.3) is 5.91 Å². The number of aromatic nitrogens is 3. The first-order valence-corrected chi connectivity index (χ1v) is 13.5. The number of hydrogen-bond donors (Lipinski definition) is 1. The lowest BCUT2D eigenvalue weighted by molar-refractivity contribution is -0.137. The summed E-state index contributed by atoms with van der Waals surface area (Å²) in [6.45, 7) is 3.22. The summed E-state index contributed by atoms with van der Waals surface area (Å²) < 4.78 is 39.9. The van der Waals surface area contributed by atoms with Crippen LogP contribution in [0.3, 0.4) is 0 Å². The maximum atomic E-state index is 13.5. The quantitative estimate of drug-likeness (QED) is 0.286. The molecule has 5 rings (SSSR count). The van der Waals surface area contributed by atoms with Crippen LogP contribution in [0, 0.1) is 6.92 Å². The Morgan fingerprint density at radius 3 is 2.39 bits per heavy atom. The van der Waals surface area contributed by atoms with Gasteiger partial charge in [-0.2, -0.15) is 18.3 Å². The lowest BCUT2D eigenvalue weighted by Crippen LogP contribution is -2.39. The van der Waals surface area contributed by atoms with Gasteiger partial charge in [0.15, 0.2) is 0 Å². The minimum atomic E-state index is -4.44. The number of aryl methyl sites for hydroxylation is 2. The third-order valence-electron chi connectivity index (χ3n) is 7.29. The summed E-state index contributed by atoms with van der Waals surface area (Å²) in [5, 5.41) is 7.20. The Balaban J connectivity index is 1.13. The molecule has 2 aromatic carbocycles. The van der Waals surface area contributed by atoms with Crippen molar-refractivity contribution in [2.45, 2.75) is 44.8 Å². The first kappa shape index (κ1) is 28.1. The number of anilines is 1. The summed E-state index contributed by atoms with van der Waals surface area (Å²) >= 11 is 0. The number of benzene rings is 2. The number of nitrogens with zero attached hydrogens (tertiary/aromatic N) is 4. The topological polar surface area (TPSA) is 80.1 Å². The van der Waals surface area contributed by atoms with Crippen LogP contribution in [0.5, 0.6) is 0 Å². The molecule has 0 spiro atoms. The molecular formula is C31H30F3N5O2. The second-order valence-corrected chi connectivity index (χ2v) is 10.2. The van der Waals surface area contributed by atoms with Crippen molar-refractivity contribution < 1.29 is 22.8 Å². The van der Waals surface area contributed by atoms with Crippen molar-refractivity contribution in [3.63, 3.8) is 0 Å². The van der Waals surface area contributed by atoms with Gasteiger partial charge < -0.3 is 10.2 Å². The first-order valence-electron chi connectivity index (χ1n) is 13.5. The average molecular weight is 562 g/mol. The minimum Gasteiger partial charge on any atom is -0.338 e. The van der Waals surface area contributed by atoms with E-state index in [0.717, 1.165) is 41.8 Å². The zero-order chi connectivity index (χ0) is 29.0. The summed E-state index contributed by atoms with van der Waals surface area (Å²) in [5.74, 6) is -0.269. The van der Waals surface area contributed by atoms with Crippen molar-refractivity contribution in [2.75, 3.05) is 18.4 Å². The number of rotatable bonds is 7. The lowest BCUT2D eigenvalue weighted by atomic mass is 9.97. The molecule has 4 aromatic rings. The van der Waals surface area contributed by atoms with Crippen LogP contribution in [-0.2, 0) is 17.4 Å². The minimum absolute atomic E-state index is 0.00979. The van der Waals surface area contributed by atoms with Gasteiger partial charge in [-0.25, -0.2) is 0 Å². The fraction of sp³-hybridized carbons (Fsp3) is 0.290. The van der Waals surface area contributed by atoms with E-state index in [1.54, 1.807) is 12.4 Å². The average Bonchev–Trinajstić information content (AvgIpc) is 3.44. The Hall–Kier alpha value is -4.47. The van der Waals surface area contributed by atoms with Gasteiger partial charge in [0.05, 0.1) is 23.5 Å². The molecular weight excluding hydrogens is 531 g/mol. The number of carbonyl (C=O) groups is 2. The van der Waals surface area contributed by atoms with Crippen LogP contribution < -0.4 is 5.32 Å². The van der Waals surface area contributed by atoms with Gasteiger partial charge in [-0.15, -0.1) is 0 Å². The van der Waals surface area contributed by atoms with Crippen molar-refractivity contribution >= 4 is 17.5 Å². The molecule has 0 unspecified atom stereocenters. The molecule has 7 nitrogen and oxygen atoms in total. The molecule has 2 aromatic heterocycles. The van der Waals surface area contributed by atoms with Crippen LogP contribution in [0.1, 0.15) is 52.5 Å². The van der Waals surface area contributed by atoms with E-state index >= 15 is 0 Å². The molecule has 1 N–H and O–H groups in total. The Bertz CT molecular complexity index is 1510. The zero-order valence-corrected chi connectivity index (χ0v) is 22.6. The summed E-state index contributed by atoms with van der Waals surface area (Å²) in [6.07, 6.45) is 1.43. The van der Waals surface area contributed by atoms with Crippen LogP contribution in [-0.4, -0.2) is 44.6 Å². The molecule has 0 aliphatic carbocycles. The standard InChI is InChI=1S/C31H30F3N5O2/c1-21-6-8-22(9-7-21)27-4-2-3-5-28(27)30(41)38-16-14-26(15-17-38)39-20-25(19-36-39)37-29(40)13-12-24-11-10-23(18-35-24)31(32,33)34/h2-11,18-20,26H,12-17H2,1H3,(H,37,40). The van der Waals surface area contributed by atoms with Crippen molar-refractivity contribution in [3.8, 4) is 11.1 Å². The molecule has 0 radical (unpaired) electrons. The molecule has 10 heteroatoms. The second kappa shape index (κ2) is 12.0. The van der Waals surface area contributed by atoms with Gasteiger partial charge in [-0.3, -0.25) is 19.3 Å². The van der Waals surface area contributed by atoms with Crippen LogP contribution >= 0.6 is 0 Å². The molecule has 0 bridgehead atoms. The van der Waals surface area contributed by atoms with Crippen LogP contribution in [0.25, 0.3) is 11.1 Å². The van der Waals surface area contributed by atoms with E-state index < -0.39 is 11.7 Å². The van der Waals surface area contributed by atoms with Crippen molar-refractivity contribution in [2.24, 2.45) is 0 Å². The molecule has 1 aliphatic heterocycles. The van der Waals surface area contributed by atoms with E-state index in [2.05, 4.69) is 15.4 Å². The van der Waals surface area contributed by atoms with Crippen LogP contribution in [0.2, 0.25) is 0 Å². The molecule has 1 fully saturated rings. The molecule has 41 heavy (non-hydrogen) atoms. The number of nitrogens with one attached hydrogen (secondary N) is 1. The third kappa shape index (κ3) is 6.82. The van der Waals surface area contributed by atoms with E-state index in [1.807, 2.05) is 65.0 Å². The molecule has 212 valence electrons. The fourth-order valence-corrected chi connectivity index (χ4v) is 4.97. The highest BCUT2D eigenvalue weighted by molar-refractivity contribution is 6.01. The predicted molar refractivity (Wildman–Crippen MR) is 149 cm³/mol. The molecule has 0 atom stereocenters. The van der Waals surface area contributed by atoms with E-state index in [-0.39, 0.29) is 30.7 Å². The Labute approximate surface area is 236 Å². The Kier molecular flexibility index (Phi) is 8.19. The smallest absolute Gasteiger partial charge is 0.338 e. The summed E-state index contributed by atoms with van der Waals surface area (Å²) in [5.41, 5.74) is 3.91. The van der Waals surface area contributed by atoms with E-state index in [1.165, 1.54) is 6.07 Å². The van der Waals surface area contributed by atoms with Crippen LogP contribution in [0.15, 0.2) is 79.3 Å². The van der Waals surface area contributed by atoms with Crippen molar-refractivity contribution in [1.82, 2.24) is 19.7 Å². The van der Waals surface area contributed by atoms with Gasteiger partial charge in [-0.05, 0) is 55.5 Å². The number of carbonyl (C=O) groups excluding carboxylic acids is 2. The maximum absolute atomic E-state index is 13.5. The van der Waals surface area contributed by atoms with Gasteiger partial charge in [0, 0.05) is 43.2 Å². The van der Waals surface area contributed by atoms with Gasteiger partial charge in [-0.1, -0.05) is 48.0 Å². The number of hydrogen-bond acceptors (Lipinski definition) is 4. The molecule has 2 amide bonds. The number of pyridine rings is 1. The Morgan fingerprint density at radius 1 is 0.976 bits per heavy atom. The molecule has 3 heterocycles. The van der Waals surface area contributed by atoms with Gasteiger partial charge in [0.2, 0.25) is 5.91 Å². The number of piperidine rings is 1. The predicted octanol–water partition coefficient (Wildman–Crippen LogP) is 6.32. The maximum Gasteiger partial charge on any atom is 0.417 e. The third-order valence-corrected chi connectivity index (χ3v) is 7.29. The van der Waals surface area contributed by atoms with Crippen molar-refractivity contribution in [3.05, 3.63) is 102 Å². The second-order valence-electron chi connectivity index (χ2n) is 10.2. The molecule has 1 aliphatic rings. The van der Waals surface area contributed by atoms with Gasteiger partial charge >= 0.3 is 6.18 Å². The highest BCUT2D eigenvalue weighted by Gasteiger charge is 2.30. The van der Waals surface area contributed by atoms with E-state index in [4.69, 9.17) is 0 Å². The highest BCUT2D eigenvalue weighted by Crippen LogP contribution is 2.30. The number of alkyl halides is 3. The SMILES string of the molecule is Cc1ccc(-c2ccccc2C(=O)N2CCC(n3cc(NC(=O)CCc4ccc(C(F)(F)F)cn4)cn3)CC2)cc1. The van der Waals surface area contributed by atoms with E-state index in [9.17, 15) is 22.8 Å².